The number of halogens is 1. The normalized spacial score (nSPS) is 10.1. The molecule has 0 radical (unpaired) electrons. The monoisotopic (exact) mass is 333 g/mol. The number of amides is 2. The van der Waals surface area contributed by atoms with E-state index in [0.717, 1.165) is 0 Å². The van der Waals surface area contributed by atoms with E-state index in [9.17, 15) is 9.59 Å². The number of rotatable bonds is 3. The van der Waals surface area contributed by atoms with Crippen molar-refractivity contribution in [3.8, 4) is 0 Å². The first kappa shape index (κ1) is 14.2. The second-order valence-corrected chi connectivity index (χ2v) is 4.98. The summed E-state index contributed by atoms with van der Waals surface area (Å²) in [5.74, 6) is -0.888. The van der Waals surface area contributed by atoms with Crippen LogP contribution in [0.1, 0.15) is 26.4 Å². The summed E-state index contributed by atoms with van der Waals surface area (Å²) in [5, 5.41) is 2.75. The lowest BCUT2D eigenvalue weighted by atomic mass is 10.1. The number of anilines is 1. The zero-order valence-corrected chi connectivity index (χ0v) is 12.3. The smallest absolute Gasteiger partial charge is 0.255 e. The van der Waals surface area contributed by atoms with Gasteiger partial charge in [-0.05, 0) is 53.2 Å². The van der Waals surface area contributed by atoms with E-state index in [2.05, 4.69) is 26.2 Å². The number of hydrogen-bond donors (Lipinski definition) is 2. The van der Waals surface area contributed by atoms with Crippen LogP contribution in [0.15, 0.2) is 41.0 Å². The zero-order chi connectivity index (χ0) is 14.7. The number of nitrogens with zero attached hydrogens (tertiary/aromatic N) is 1. The van der Waals surface area contributed by atoms with Crippen molar-refractivity contribution < 1.29 is 9.59 Å². The Kier molecular flexibility index (Phi) is 4.14. The predicted octanol–water partition coefficient (Wildman–Crippen LogP) is 2.50. The molecule has 0 saturated carbocycles. The van der Waals surface area contributed by atoms with Gasteiger partial charge < -0.3 is 11.1 Å². The van der Waals surface area contributed by atoms with Crippen molar-refractivity contribution in [3.63, 3.8) is 0 Å². The predicted molar refractivity (Wildman–Crippen MR) is 79.6 cm³/mol. The van der Waals surface area contributed by atoms with Crippen LogP contribution in [0.25, 0.3) is 0 Å². The summed E-state index contributed by atoms with van der Waals surface area (Å²) in [6, 6.07) is 9.74. The molecule has 0 saturated heterocycles. The third kappa shape index (κ3) is 3.21. The van der Waals surface area contributed by atoms with E-state index in [-0.39, 0.29) is 5.91 Å². The number of aromatic nitrogens is 1. The summed E-state index contributed by atoms with van der Waals surface area (Å²) in [4.78, 5) is 27.4. The molecule has 0 atom stereocenters. The molecule has 2 rings (SSSR count). The SMILES string of the molecule is Cc1nc(Br)ccc1NC(=O)c1cccc(C(N)=O)c1. The molecule has 0 aliphatic heterocycles. The lowest BCUT2D eigenvalue weighted by Crippen LogP contribution is -2.16. The highest BCUT2D eigenvalue weighted by Crippen LogP contribution is 2.17. The molecule has 0 bridgehead atoms. The summed E-state index contributed by atoms with van der Waals surface area (Å²) in [5.41, 5.74) is 7.16. The Hall–Kier alpha value is -2.21. The Morgan fingerprint density at radius 1 is 1.20 bits per heavy atom. The number of carbonyl (C=O) groups excluding carboxylic acids is 2. The Labute approximate surface area is 124 Å². The lowest BCUT2D eigenvalue weighted by molar-refractivity contribution is 0.1000. The molecular weight excluding hydrogens is 322 g/mol. The molecular formula is C14H12BrN3O2. The summed E-state index contributed by atoms with van der Waals surface area (Å²) < 4.78 is 0.698. The quantitative estimate of drug-likeness (QED) is 0.846. The fourth-order valence-corrected chi connectivity index (χ4v) is 2.07. The van der Waals surface area contributed by atoms with Crippen molar-refractivity contribution in [1.29, 1.82) is 0 Å². The first-order chi connectivity index (χ1) is 9.47. The van der Waals surface area contributed by atoms with Gasteiger partial charge in [0.2, 0.25) is 5.91 Å². The number of carbonyl (C=O) groups is 2. The van der Waals surface area contributed by atoms with Gasteiger partial charge in [0.15, 0.2) is 0 Å². The van der Waals surface area contributed by atoms with E-state index >= 15 is 0 Å². The Morgan fingerprint density at radius 3 is 2.55 bits per heavy atom. The van der Waals surface area contributed by atoms with Crippen LogP contribution in [0.3, 0.4) is 0 Å². The molecule has 0 fully saturated rings. The third-order valence-electron chi connectivity index (χ3n) is 2.71. The Balaban J connectivity index is 2.24. The van der Waals surface area contributed by atoms with Crippen molar-refractivity contribution >= 4 is 33.4 Å². The van der Waals surface area contributed by atoms with Crippen molar-refractivity contribution in [2.45, 2.75) is 6.92 Å². The topological polar surface area (TPSA) is 85.1 Å². The van der Waals surface area contributed by atoms with E-state index in [1.807, 2.05) is 0 Å². The number of hydrogen-bond acceptors (Lipinski definition) is 3. The number of aryl methyl sites for hydroxylation is 1. The number of benzene rings is 1. The fraction of sp³-hybridized carbons (Fsp3) is 0.0714. The molecule has 1 aromatic carbocycles. The molecule has 2 amide bonds. The van der Waals surface area contributed by atoms with Crippen LogP contribution in [-0.4, -0.2) is 16.8 Å². The summed E-state index contributed by atoms with van der Waals surface area (Å²) in [7, 11) is 0. The maximum atomic E-state index is 12.1. The van der Waals surface area contributed by atoms with Gasteiger partial charge in [-0.3, -0.25) is 9.59 Å². The van der Waals surface area contributed by atoms with Crippen LogP contribution in [0.2, 0.25) is 0 Å². The van der Waals surface area contributed by atoms with Crippen LogP contribution in [0.4, 0.5) is 5.69 Å². The molecule has 1 heterocycles. The van der Waals surface area contributed by atoms with Crippen LogP contribution < -0.4 is 11.1 Å². The van der Waals surface area contributed by atoms with Gasteiger partial charge in [-0.2, -0.15) is 0 Å². The highest BCUT2D eigenvalue weighted by Gasteiger charge is 2.10. The molecule has 1 aromatic heterocycles. The maximum Gasteiger partial charge on any atom is 0.255 e. The second kappa shape index (κ2) is 5.83. The first-order valence-electron chi connectivity index (χ1n) is 5.82. The minimum atomic E-state index is -0.568. The fourth-order valence-electron chi connectivity index (χ4n) is 1.67. The van der Waals surface area contributed by atoms with E-state index in [1.54, 1.807) is 37.3 Å². The van der Waals surface area contributed by atoms with Crippen LogP contribution in [-0.2, 0) is 0 Å². The number of nitrogens with two attached hydrogens (primary N) is 1. The Morgan fingerprint density at radius 2 is 1.90 bits per heavy atom. The average molecular weight is 334 g/mol. The minimum Gasteiger partial charge on any atom is -0.366 e. The highest BCUT2D eigenvalue weighted by molar-refractivity contribution is 9.10. The summed E-state index contributed by atoms with van der Waals surface area (Å²) in [6.45, 7) is 1.79. The molecule has 102 valence electrons. The number of pyridine rings is 1. The molecule has 0 spiro atoms. The number of nitrogens with one attached hydrogen (secondary N) is 1. The van der Waals surface area contributed by atoms with Gasteiger partial charge in [-0.1, -0.05) is 6.07 Å². The van der Waals surface area contributed by atoms with Gasteiger partial charge in [0.1, 0.15) is 4.60 Å². The van der Waals surface area contributed by atoms with Crippen molar-refractivity contribution in [2.24, 2.45) is 5.73 Å². The third-order valence-corrected chi connectivity index (χ3v) is 3.15. The van der Waals surface area contributed by atoms with Gasteiger partial charge in [-0.25, -0.2) is 4.98 Å². The standard InChI is InChI=1S/C14H12BrN3O2/c1-8-11(5-6-12(15)17-8)18-14(20)10-4-2-3-9(7-10)13(16)19/h2-7H,1H3,(H2,16,19)(H,18,20). The summed E-state index contributed by atoms with van der Waals surface area (Å²) in [6.07, 6.45) is 0. The Bertz CT molecular complexity index is 686. The molecule has 3 N–H and O–H groups in total. The molecule has 2 aromatic rings. The van der Waals surface area contributed by atoms with Crippen molar-refractivity contribution in [3.05, 3.63) is 57.8 Å². The van der Waals surface area contributed by atoms with Gasteiger partial charge >= 0.3 is 0 Å². The van der Waals surface area contributed by atoms with E-state index in [0.29, 0.717) is 27.1 Å². The van der Waals surface area contributed by atoms with E-state index < -0.39 is 5.91 Å². The van der Waals surface area contributed by atoms with Crippen LogP contribution in [0.5, 0.6) is 0 Å². The van der Waals surface area contributed by atoms with E-state index in [4.69, 9.17) is 5.73 Å². The minimum absolute atomic E-state index is 0.295. The lowest BCUT2D eigenvalue weighted by Gasteiger charge is -2.08. The second-order valence-electron chi connectivity index (χ2n) is 4.17. The molecule has 5 nitrogen and oxygen atoms in total. The molecule has 20 heavy (non-hydrogen) atoms. The maximum absolute atomic E-state index is 12.1. The van der Waals surface area contributed by atoms with Crippen LogP contribution in [0, 0.1) is 6.92 Å². The largest absolute Gasteiger partial charge is 0.366 e. The molecule has 0 aliphatic carbocycles. The molecule has 6 heteroatoms. The first-order valence-corrected chi connectivity index (χ1v) is 6.61. The molecule has 0 unspecified atom stereocenters. The highest BCUT2D eigenvalue weighted by atomic mass is 79.9. The van der Waals surface area contributed by atoms with Crippen molar-refractivity contribution in [2.75, 3.05) is 5.32 Å². The van der Waals surface area contributed by atoms with Gasteiger partial charge in [0.05, 0.1) is 11.4 Å². The van der Waals surface area contributed by atoms with Crippen LogP contribution >= 0.6 is 15.9 Å². The number of primary amides is 1. The van der Waals surface area contributed by atoms with Gasteiger partial charge in [0.25, 0.3) is 5.91 Å². The summed E-state index contributed by atoms with van der Waals surface area (Å²) >= 11 is 3.26. The molecule has 0 aliphatic rings. The van der Waals surface area contributed by atoms with Crippen molar-refractivity contribution in [1.82, 2.24) is 4.98 Å². The van der Waals surface area contributed by atoms with E-state index in [1.165, 1.54) is 6.07 Å². The zero-order valence-electron chi connectivity index (χ0n) is 10.7. The average Bonchev–Trinajstić information content (AvgIpc) is 2.42. The van der Waals surface area contributed by atoms with Gasteiger partial charge in [-0.15, -0.1) is 0 Å². The van der Waals surface area contributed by atoms with Gasteiger partial charge in [0, 0.05) is 11.1 Å².